The molecule has 0 amide bonds. The molecule has 1 fully saturated rings. The number of carboxylic acids is 1. The molecular formula is C9H16N2O6S. The summed E-state index contributed by atoms with van der Waals surface area (Å²) in [6, 6.07) is -1.46. The van der Waals surface area contributed by atoms with Crippen molar-refractivity contribution in [3.05, 3.63) is 0 Å². The fourth-order valence-electron chi connectivity index (χ4n) is 1.24. The van der Waals surface area contributed by atoms with Gasteiger partial charge in [-0.15, -0.1) is 0 Å². The summed E-state index contributed by atoms with van der Waals surface area (Å²) in [4.78, 5) is 21.8. The number of methoxy groups -OCH3 is 1. The zero-order valence-corrected chi connectivity index (χ0v) is 10.7. The van der Waals surface area contributed by atoms with Crippen LogP contribution in [0.5, 0.6) is 0 Å². The maximum atomic E-state index is 11.5. The van der Waals surface area contributed by atoms with Crippen molar-refractivity contribution >= 4 is 22.1 Å². The summed E-state index contributed by atoms with van der Waals surface area (Å²) in [5.41, 5.74) is 0. The Balaban J connectivity index is 2.50. The summed E-state index contributed by atoms with van der Waals surface area (Å²) in [6.45, 7) is 0. The van der Waals surface area contributed by atoms with E-state index in [0.717, 1.165) is 12.8 Å². The summed E-state index contributed by atoms with van der Waals surface area (Å²) in [6.07, 6.45) is 1.18. The van der Waals surface area contributed by atoms with Gasteiger partial charge in [0.25, 0.3) is 10.2 Å². The molecule has 0 aliphatic heterocycles. The van der Waals surface area contributed by atoms with E-state index >= 15 is 0 Å². The Morgan fingerprint density at radius 2 is 2.06 bits per heavy atom. The summed E-state index contributed by atoms with van der Waals surface area (Å²) >= 11 is 0. The summed E-state index contributed by atoms with van der Waals surface area (Å²) in [5, 5.41) is 8.87. The lowest BCUT2D eigenvalue weighted by Crippen LogP contribution is -2.47. The van der Waals surface area contributed by atoms with Gasteiger partial charge in [-0.05, 0) is 19.3 Å². The number of nitrogens with one attached hydrogen (secondary N) is 2. The lowest BCUT2D eigenvalue weighted by molar-refractivity contribution is -0.142. The molecule has 0 aromatic heterocycles. The second-order valence-corrected chi connectivity index (χ2v) is 5.50. The highest BCUT2D eigenvalue weighted by atomic mass is 32.2. The average Bonchev–Trinajstić information content (AvgIpc) is 3.06. The highest BCUT2D eigenvalue weighted by molar-refractivity contribution is 7.87. The third-order valence-electron chi connectivity index (χ3n) is 2.36. The molecule has 0 aromatic carbocycles. The van der Waals surface area contributed by atoms with Gasteiger partial charge in [0.05, 0.1) is 7.11 Å². The number of esters is 1. The van der Waals surface area contributed by atoms with Crippen molar-refractivity contribution < 1.29 is 27.9 Å². The number of aliphatic carboxylic acids is 1. The molecule has 1 saturated carbocycles. The Morgan fingerprint density at radius 3 is 2.50 bits per heavy atom. The Hall–Kier alpha value is -1.19. The Labute approximate surface area is 105 Å². The number of hydrogen-bond donors (Lipinski definition) is 3. The second-order valence-electron chi connectivity index (χ2n) is 4.02. The van der Waals surface area contributed by atoms with Gasteiger partial charge in [0.15, 0.2) is 0 Å². The van der Waals surface area contributed by atoms with Gasteiger partial charge in [0.1, 0.15) is 6.04 Å². The quantitative estimate of drug-likeness (QED) is 0.489. The van der Waals surface area contributed by atoms with Crippen LogP contribution in [0, 0.1) is 0 Å². The summed E-state index contributed by atoms with van der Waals surface area (Å²) < 4.78 is 31.7. The maximum absolute atomic E-state index is 11.5. The first-order valence-corrected chi connectivity index (χ1v) is 6.91. The normalized spacial score (nSPS) is 17.2. The molecule has 0 bridgehead atoms. The van der Waals surface area contributed by atoms with Crippen LogP contribution in [0.15, 0.2) is 0 Å². The molecule has 104 valence electrons. The number of rotatable bonds is 8. The van der Waals surface area contributed by atoms with Crippen LogP contribution in [-0.4, -0.2) is 44.7 Å². The van der Waals surface area contributed by atoms with Crippen molar-refractivity contribution in [1.29, 1.82) is 0 Å². The van der Waals surface area contributed by atoms with E-state index in [1.807, 2.05) is 4.72 Å². The Bertz CT molecular complexity index is 417. The summed E-state index contributed by atoms with van der Waals surface area (Å²) in [7, 11) is -2.67. The number of carbonyl (C=O) groups is 2. The molecule has 18 heavy (non-hydrogen) atoms. The first kappa shape index (κ1) is 14.9. The van der Waals surface area contributed by atoms with Crippen LogP contribution in [0.4, 0.5) is 0 Å². The largest absolute Gasteiger partial charge is 0.480 e. The molecule has 3 N–H and O–H groups in total. The van der Waals surface area contributed by atoms with Crippen LogP contribution in [0.1, 0.15) is 25.7 Å². The number of hydrogen-bond acceptors (Lipinski definition) is 5. The molecule has 0 spiro atoms. The molecule has 0 saturated heterocycles. The fourth-order valence-corrected chi connectivity index (χ4v) is 2.57. The van der Waals surface area contributed by atoms with Crippen LogP contribution in [0.3, 0.4) is 0 Å². The SMILES string of the molecule is COC(=O)CC[C@@H](NS(=O)(=O)NC1CC1)C(=O)O. The van der Waals surface area contributed by atoms with E-state index in [0.29, 0.717) is 0 Å². The molecule has 9 heteroatoms. The van der Waals surface area contributed by atoms with Gasteiger partial charge in [-0.25, -0.2) is 0 Å². The number of carboxylic acid groups (broad SMARTS) is 1. The van der Waals surface area contributed by atoms with E-state index in [9.17, 15) is 18.0 Å². The van der Waals surface area contributed by atoms with Crippen LogP contribution in [-0.2, 0) is 24.5 Å². The van der Waals surface area contributed by atoms with Gasteiger partial charge in [0.2, 0.25) is 0 Å². The Kier molecular flexibility index (Phi) is 5.05. The number of ether oxygens (including phenoxy) is 1. The van der Waals surface area contributed by atoms with Crippen molar-refractivity contribution in [1.82, 2.24) is 9.44 Å². The van der Waals surface area contributed by atoms with Crippen molar-refractivity contribution in [2.45, 2.75) is 37.8 Å². The van der Waals surface area contributed by atoms with Crippen LogP contribution in [0.25, 0.3) is 0 Å². The third kappa shape index (κ3) is 5.43. The molecule has 0 unspecified atom stereocenters. The van der Waals surface area contributed by atoms with Crippen molar-refractivity contribution in [2.24, 2.45) is 0 Å². The second kappa shape index (κ2) is 6.12. The van der Waals surface area contributed by atoms with E-state index in [1.165, 1.54) is 7.11 Å². The molecule has 1 rings (SSSR count). The molecule has 1 aliphatic rings. The predicted octanol–water partition coefficient (Wildman–Crippen LogP) is -1.02. The molecule has 8 nitrogen and oxygen atoms in total. The first-order chi connectivity index (χ1) is 8.34. The minimum atomic E-state index is -3.85. The van der Waals surface area contributed by atoms with E-state index in [1.54, 1.807) is 0 Å². The minimum Gasteiger partial charge on any atom is -0.480 e. The predicted molar refractivity (Wildman–Crippen MR) is 60.9 cm³/mol. The average molecular weight is 280 g/mol. The minimum absolute atomic E-state index is 0.113. The van der Waals surface area contributed by atoms with Gasteiger partial charge < -0.3 is 9.84 Å². The Morgan fingerprint density at radius 1 is 1.44 bits per heavy atom. The zero-order valence-electron chi connectivity index (χ0n) is 9.88. The van der Waals surface area contributed by atoms with E-state index in [4.69, 9.17) is 5.11 Å². The van der Waals surface area contributed by atoms with E-state index < -0.39 is 28.2 Å². The molecule has 1 aliphatic carbocycles. The smallest absolute Gasteiger partial charge is 0.321 e. The summed E-state index contributed by atoms with van der Waals surface area (Å²) in [5.74, 6) is -1.92. The first-order valence-electron chi connectivity index (χ1n) is 5.43. The van der Waals surface area contributed by atoms with Gasteiger partial charge in [-0.1, -0.05) is 0 Å². The molecule has 0 heterocycles. The van der Waals surface area contributed by atoms with Gasteiger partial charge in [-0.2, -0.15) is 17.9 Å². The van der Waals surface area contributed by atoms with Crippen molar-refractivity contribution in [3.63, 3.8) is 0 Å². The highest BCUT2D eigenvalue weighted by Gasteiger charge is 2.30. The van der Waals surface area contributed by atoms with Gasteiger partial charge in [0, 0.05) is 12.5 Å². The molecule has 1 atom stereocenters. The fraction of sp³-hybridized carbons (Fsp3) is 0.778. The van der Waals surface area contributed by atoms with Crippen LogP contribution < -0.4 is 9.44 Å². The number of carbonyl (C=O) groups excluding carboxylic acids is 1. The standard InChI is InChI=1S/C9H16N2O6S/c1-17-8(12)5-4-7(9(13)14)11-18(15,16)10-6-2-3-6/h6-7,10-11H,2-5H2,1H3,(H,13,14)/t7-/m1/s1. The zero-order chi connectivity index (χ0) is 13.8. The van der Waals surface area contributed by atoms with Crippen LogP contribution >= 0.6 is 0 Å². The third-order valence-corrected chi connectivity index (χ3v) is 3.60. The van der Waals surface area contributed by atoms with Gasteiger partial charge in [-0.3, -0.25) is 9.59 Å². The maximum Gasteiger partial charge on any atom is 0.321 e. The van der Waals surface area contributed by atoms with E-state index in [2.05, 4.69) is 9.46 Å². The topological polar surface area (TPSA) is 122 Å². The lowest BCUT2D eigenvalue weighted by atomic mass is 10.2. The molecule has 0 aromatic rings. The molecular weight excluding hydrogens is 264 g/mol. The highest BCUT2D eigenvalue weighted by Crippen LogP contribution is 2.19. The lowest BCUT2D eigenvalue weighted by Gasteiger charge is -2.14. The van der Waals surface area contributed by atoms with Crippen molar-refractivity contribution in [3.8, 4) is 0 Å². The van der Waals surface area contributed by atoms with Crippen LogP contribution in [0.2, 0.25) is 0 Å². The van der Waals surface area contributed by atoms with E-state index in [-0.39, 0.29) is 18.9 Å². The van der Waals surface area contributed by atoms with Crippen molar-refractivity contribution in [2.75, 3.05) is 7.11 Å². The molecule has 0 radical (unpaired) electrons. The monoisotopic (exact) mass is 280 g/mol. The van der Waals surface area contributed by atoms with Gasteiger partial charge >= 0.3 is 11.9 Å².